The fraction of sp³-hybridized carbons (Fsp3) is 0.615. The number of nitrogens with one attached hydrogen (secondary N) is 3. The number of aliphatic hydroxyl groups excluding tert-OH is 1. The second-order valence-corrected chi connectivity index (χ2v) is 14.7. The fourth-order valence-electron chi connectivity index (χ4n) is 4.83. The Morgan fingerprint density at radius 2 is 1.82 bits per heavy atom. The Morgan fingerprint density at radius 3 is 2.44 bits per heavy atom. The van der Waals surface area contributed by atoms with Crippen LogP contribution in [0.4, 0.5) is 0 Å². The van der Waals surface area contributed by atoms with Gasteiger partial charge < -0.3 is 25.5 Å². The van der Waals surface area contributed by atoms with Crippen molar-refractivity contribution in [2.75, 3.05) is 17.8 Å². The first kappa shape index (κ1) is 29.3. The highest BCUT2D eigenvalue weighted by molar-refractivity contribution is 7.93. The number of oxazole rings is 1. The molecule has 0 radical (unpaired) electrons. The van der Waals surface area contributed by atoms with E-state index in [0.717, 1.165) is 50.2 Å². The lowest BCUT2D eigenvalue weighted by Gasteiger charge is -2.27. The van der Waals surface area contributed by atoms with Crippen LogP contribution in [-0.2, 0) is 24.5 Å². The number of carbonyl (C=O) groups is 1. The molecule has 11 nitrogen and oxygen atoms in total. The monoisotopic (exact) mass is 582 g/mol. The van der Waals surface area contributed by atoms with E-state index in [0.29, 0.717) is 17.5 Å². The van der Waals surface area contributed by atoms with Gasteiger partial charge in [-0.2, -0.15) is 0 Å². The molecule has 3 unspecified atom stereocenters. The van der Waals surface area contributed by atoms with Crippen LogP contribution in [0.25, 0.3) is 11.1 Å². The van der Waals surface area contributed by atoms with E-state index in [-0.39, 0.29) is 29.4 Å². The zero-order chi connectivity index (χ0) is 28.2. The molecule has 0 saturated heterocycles. The predicted octanol–water partition coefficient (Wildman–Crippen LogP) is 1.91. The van der Waals surface area contributed by atoms with E-state index in [1.165, 1.54) is 0 Å². The highest BCUT2D eigenvalue weighted by Crippen LogP contribution is 2.30. The van der Waals surface area contributed by atoms with Gasteiger partial charge in [-0.3, -0.25) is 4.79 Å². The number of aromatic nitrogens is 1. The van der Waals surface area contributed by atoms with Crippen LogP contribution in [0.1, 0.15) is 63.9 Å². The molecule has 0 bridgehead atoms. The topological polar surface area (TPSA) is 168 Å². The molecule has 4 N–H and O–H groups in total. The largest absolute Gasteiger partial charge is 0.438 e. The lowest BCUT2D eigenvalue weighted by Crippen LogP contribution is -2.53. The highest BCUT2D eigenvalue weighted by Gasteiger charge is 2.35. The molecular formula is C26H38N4O7S2. The first-order valence-corrected chi connectivity index (χ1v) is 17.2. The van der Waals surface area contributed by atoms with Gasteiger partial charge in [0.15, 0.2) is 31.4 Å². The lowest BCUT2D eigenvalue weighted by molar-refractivity contribution is -0.124. The zero-order valence-electron chi connectivity index (χ0n) is 22.3. The van der Waals surface area contributed by atoms with Gasteiger partial charge in [0.25, 0.3) is 0 Å². The number of para-hydroxylation sites is 2. The van der Waals surface area contributed by atoms with Gasteiger partial charge in [0, 0.05) is 12.3 Å². The number of benzene rings is 1. The van der Waals surface area contributed by atoms with E-state index in [1.807, 2.05) is 0 Å². The number of carbonyl (C=O) groups excluding carboxylic acids is 1. The van der Waals surface area contributed by atoms with Gasteiger partial charge in [-0.05, 0) is 50.2 Å². The predicted molar refractivity (Wildman–Crippen MR) is 148 cm³/mol. The van der Waals surface area contributed by atoms with Crippen LogP contribution in [0.3, 0.4) is 0 Å². The van der Waals surface area contributed by atoms with E-state index < -0.39 is 49.5 Å². The third-order valence-corrected chi connectivity index (χ3v) is 9.50. The molecule has 2 aliphatic carbocycles. The van der Waals surface area contributed by atoms with E-state index in [4.69, 9.17) is 4.42 Å². The van der Waals surface area contributed by atoms with Crippen molar-refractivity contribution in [3.63, 3.8) is 0 Å². The number of nitrogens with zero attached hydrogens (tertiary/aromatic N) is 1. The minimum atomic E-state index is -3.63. The smallest absolute Gasteiger partial charge is 0.243 e. The maximum atomic E-state index is 13.5. The second-order valence-electron chi connectivity index (χ2n) is 10.7. The zero-order valence-corrected chi connectivity index (χ0v) is 23.9. The van der Waals surface area contributed by atoms with Crippen LogP contribution >= 0.6 is 0 Å². The average molecular weight is 583 g/mol. The minimum Gasteiger partial charge on any atom is -0.438 e. The summed E-state index contributed by atoms with van der Waals surface area (Å²) in [5, 5.41) is 20.7. The van der Waals surface area contributed by atoms with Crippen LogP contribution in [-0.4, -0.2) is 68.7 Å². The molecule has 13 heteroatoms. The number of fused-ring (bicyclic) bond motifs is 1. The molecule has 0 aliphatic heterocycles. The summed E-state index contributed by atoms with van der Waals surface area (Å²) < 4.78 is 55.8. The molecule has 1 amide bonds. The van der Waals surface area contributed by atoms with Crippen LogP contribution in [0, 0.1) is 5.92 Å². The Labute approximate surface area is 229 Å². The van der Waals surface area contributed by atoms with E-state index in [9.17, 15) is 26.7 Å². The number of hydrogen-bond acceptors (Lipinski definition) is 10. The van der Waals surface area contributed by atoms with Gasteiger partial charge in [0.2, 0.25) is 11.8 Å². The first-order chi connectivity index (χ1) is 18.4. The van der Waals surface area contributed by atoms with Gasteiger partial charge in [-0.1, -0.05) is 31.9 Å². The second kappa shape index (κ2) is 12.3. The molecule has 2 aliphatic rings. The molecule has 0 spiro atoms. The summed E-state index contributed by atoms with van der Waals surface area (Å²) in [5.41, 5.74) is 1.05. The fourth-order valence-corrected chi connectivity index (χ4v) is 7.32. The maximum Gasteiger partial charge on any atom is 0.243 e. The minimum absolute atomic E-state index is 0.0154. The summed E-state index contributed by atoms with van der Waals surface area (Å²) in [7, 11) is -7.24. The van der Waals surface area contributed by atoms with Gasteiger partial charge in [0.05, 0.1) is 23.0 Å². The first-order valence-electron chi connectivity index (χ1n) is 13.4. The van der Waals surface area contributed by atoms with Gasteiger partial charge in [-0.25, -0.2) is 21.8 Å². The van der Waals surface area contributed by atoms with Crippen molar-refractivity contribution < 1.29 is 31.2 Å². The van der Waals surface area contributed by atoms with Crippen molar-refractivity contribution in [2.45, 2.75) is 76.1 Å². The maximum absolute atomic E-state index is 13.5. The summed E-state index contributed by atoms with van der Waals surface area (Å²) in [6, 6.07) is 4.93. The SMILES string of the molecule is CCC(NC(=O)C(CS(=O)(=O)CC1CC1)NC(=CS(C)(=O)=O)NC1CCCC1)C(O)c1nc2ccccc2o1. The third kappa shape index (κ3) is 8.67. The number of aliphatic hydroxyl groups is 1. The summed E-state index contributed by atoms with van der Waals surface area (Å²) >= 11 is 0. The van der Waals surface area contributed by atoms with Crippen LogP contribution in [0.5, 0.6) is 0 Å². The van der Waals surface area contributed by atoms with E-state index in [1.54, 1.807) is 31.2 Å². The molecular weight excluding hydrogens is 544 g/mol. The number of hydrogen-bond donors (Lipinski definition) is 4. The van der Waals surface area contributed by atoms with Crippen molar-refractivity contribution in [3.05, 3.63) is 41.4 Å². The van der Waals surface area contributed by atoms with Crippen LogP contribution < -0.4 is 16.0 Å². The molecule has 2 aromatic rings. The Morgan fingerprint density at radius 1 is 1.13 bits per heavy atom. The average Bonchev–Trinajstić information content (AvgIpc) is 3.32. The van der Waals surface area contributed by atoms with Gasteiger partial charge in [0.1, 0.15) is 17.4 Å². The van der Waals surface area contributed by atoms with Gasteiger partial charge in [-0.15, -0.1) is 0 Å². The van der Waals surface area contributed by atoms with E-state index in [2.05, 4.69) is 20.9 Å². The van der Waals surface area contributed by atoms with Crippen molar-refractivity contribution in [3.8, 4) is 0 Å². The third-order valence-electron chi connectivity index (χ3n) is 7.01. The number of amides is 1. The summed E-state index contributed by atoms with van der Waals surface area (Å²) in [6.07, 6.45) is 5.40. The summed E-state index contributed by atoms with van der Waals surface area (Å²) in [6.45, 7) is 1.76. The Kier molecular flexibility index (Phi) is 9.22. The van der Waals surface area contributed by atoms with Crippen LogP contribution in [0.2, 0.25) is 0 Å². The quantitative estimate of drug-likeness (QED) is 0.258. The van der Waals surface area contributed by atoms with Crippen molar-refractivity contribution in [2.24, 2.45) is 5.92 Å². The van der Waals surface area contributed by atoms with E-state index >= 15 is 0 Å². The Bertz CT molecular complexity index is 1360. The number of rotatable bonds is 14. The summed E-state index contributed by atoms with van der Waals surface area (Å²) in [4.78, 5) is 17.8. The molecule has 3 atom stereocenters. The molecule has 216 valence electrons. The molecule has 2 fully saturated rings. The van der Waals surface area contributed by atoms with Crippen molar-refractivity contribution in [1.29, 1.82) is 0 Å². The van der Waals surface area contributed by atoms with Crippen molar-refractivity contribution >= 4 is 36.7 Å². The molecule has 39 heavy (non-hydrogen) atoms. The van der Waals surface area contributed by atoms with Crippen LogP contribution in [0.15, 0.2) is 39.9 Å². The molecule has 1 heterocycles. The standard InChI is InChI=1S/C26H38N4O7S2/c1-3-19(24(31)26-30-20-10-6-7-11-22(20)37-26)29-25(32)21(15-39(35,36)14-17-12-13-17)28-23(16-38(2,33)34)27-18-8-4-5-9-18/h6-7,10-11,16-19,21,24,27-28,31H,3-5,8-9,12-15H2,1-2H3,(H,29,32). The molecule has 2 saturated carbocycles. The molecule has 4 rings (SSSR count). The Hall–Kier alpha value is -2.64. The molecule has 1 aromatic carbocycles. The number of sulfone groups is 2. The van der Waals surface area contributed by atoms with Crippen molar-refractivity contribution in [1.82, 2.24) is 20.9 Å². The normalized spacial score (nSPS) is 19.5. The highest BCUT2D eigenvalue weighted by atomic mass is 32.2. The Balaban J connectivity index is 1.55. The molecule has 1 aromatic heterocycles. The summed E-state index contributed by atoms with van der Waals surface area (Å²) in [5.74, 6) is -1.01. The lowest BCUT2D eigenvalue weighted by atomic mass is 10.1. The van der Waals surface area contributed by atoms with Gasteiger partial charge >= 0.3 is 0 Å².